The van der Waals surface area contributed by atoms with Crippen LogP contribution in [0.3, 0.4) is 0 Å². The number of thioether (sulfide) groups is 1. The zero-order chi connectivity index (χ0) is 17.0. The molecule has 2 rings (SSSR count). The maximum Gasteiger partial charge on any atom is 0.341 e. The van der Waals surface area contributed by atoms with Gasteiger partial charge in [0.1, 0.15) is 5.75 Å². The number of amides is 2. The van der Waals surface area contributed by atoms with E-state index in [9.17, 15) is 14.4 Å². The fourth-order valence-corrected chi connectivity index (χ4v) is 3.16. The SMILES string of the molecule is C=CCN1C(=O)SC(=Cc2ccc(OCC(=O)O)c(Br)c2)C1=O. The summed E-state index contributed by atoms with van der Waals surface area (Å²) < 4.78 is 5.65. The highest BCUT2D eigenvalue weighted by atomic mass is 79.9. The number of carbonyl (C=O) groups excluding carboxylic acids is 2. The molecule has 1 aromatic rings. The number of carbonyl (C=O) groups is 3. The lowest BCUT2D eigenvalue weighted by Crippen LogP contribution is -2.27. The first-order chi connectivity index (χ1) is 10.9. The quantitative estimate of drug-likeness (QED) is 0.586. The van der Waals surface area contributed by atoms with E-state index >= 15 is 0 Å². The van der Waals surface area contributed by atoms with Gasteiger partial charge in [0, 0.05) is 6.54 Å². The smallest absolute Gasteiger partial charge is 0.341 e. The van der Waals surface area contributed by atoms with Crippen LogP contribution in [0.15, 0.2) is 40.2 Å². The summed E-state index contributed by atoms with van der Waals surface area (Å²) in [6.07, 6.45) is 3.09. The first-order valence-corrected chi connectivity index (χ1v) is 8.03. The summed E-state index contributed by atoms with van der Waals surface area (Å²) in [5, 5.41) is 8.27. The number of aliphatic carboxylic acids is 1. The third-order valence-electron chi connectivity index (χ3n) is 2.79. The minimum Gasteiger partial charge on any atom is -0.481 e. The van der Waals surface area contributed by atoms with Crippen molar-refractivity contribution in [2.45, 2.75) is 0 Å². The Bertz CT molecular complexity index is 716. The third kappa shape index (κ3) is 4.23. The van der Waals surface area contributed by atoms with Crippen molar-refractivity contribution in [1.82, 2.24) is 4.90 Å². The minimum atomic E-state index is -1.07. The van der Waals surface area contributed by atoms with E-state index in [1.54, 1.807) is 24.3 Å². The van der Waals surface area contributed by atoms with Gasteiger partial charge in [0.15, 0.2) is 6.61 Å². The van der Waals surface area contributed by atoms with E-state index in [2.05, 4.69) is 22.5 Å². The number of hydrogen-bond acceptors (Lipinski definition) is 5. The topological polar surface area (TPSA) is 83.9 Å². The van der Waals surface area contributed by atoms with Gasteiger partial charge in [-0.2, -0.15) is 0 Å². The van der Waals surface area contributed by atoms with Crippen LogP contribution in [-0.4, -0.2) is 40.3 Å². The molecule has 0 bridgehead atoms. The van der Waals surface area contributed by atoms with Gasteiger partial charge in [0.2, 0.25) is 0 Å². The Morgan fingerprint density at radius 2 is 2.17 bits per heavy atom. The zero-order valence-corrected chi connectivity index (χ0v) is 14.2. The van der Waals surface area contributed by atoms with Gasteiger partial charge < -0.3 is 9.84 Å². The van der Waals surface area contributed by atoms with Gasteiger partial charge in [-0.1, -0.05) is 12.1 Å². The number of ether oxygens (including phenoxy) is 1. The Labute approximate surface area is 144 Å². The fraction of sp³-hybridized carbons (Fsp3) is 0.133. The van der Waals surface area contributed by atoms with E-state index in [1.165, 1.54) is 6.08 Å². The van der Waals surface area contributed by atoms with Crippen molar-refractivity contribution in [1.29, 1.82) is 0 Å². The normalized spacial score (nSPS) is 16.0. The summed E-state index contributed by atoms with van der Waals surface area (Å²) in [5.74, 6) is -1.05. The number of carboxylic acid groups (broad SMARTS) is 1. The van der Waals surface area contributed by atoms with Gasteiger partial charge in [0.05, 0.1) is 9.38 Å². The number of imide groups is 1. The van der Waals surface area contributed by atoms with E-state index in [1.807, 2.05) is 0 Å². The molecule has 120 valence electrons. The minimum absolute atomic E-state index is 0.174. The maximum atomic E-state index is 12.1. The molecular weight excluding hydrogens is 386 g/mol. The van der Waals surface area contributed by atoms with E-state index < -0.39 is 12.6 Å². The number of hydrogen-bond donors (Lipinski definition) is 1. The number of rotatable bonds is 6. The van der Waals surface area contributed by atoms with Crippen LogP contribution in [-0.2, 0) is 9.59 Å². The van der Waals surface area contributed by atoms with E-state index in [0.29, 0.717) is 20.7 Å². The molecule has 6 nitrogen and oxygen atoms in total. The molecule has 0 atom stereocenters. The molecule has 0 saturated carbocycles. The number of nitrogens with zero attached hydrogens (tertiary/aromatic N) is 1. The molecule has 0 unspecified atom stereocenters. The molecule has 0 aliphatic carbocycles. The van der Waals surface area contributed by atoms with Gasteiger partial charge in [-0.25, -0.2) is 4.79 Å². The molecule has 1 saturated heterocycles. The molecule has 0 radical (unpaired) electrons. The highest BCUT2D eigenvalue weighted by molar-refractivity contribution is 9.10. The predicted molar refractivity (Wildman–Crippen MR) is 90.1 cm³/mol. The van der Waals surface area contributed by atoms with E-state index in [0.717, 1.165) is 16.7 Å². The third-order valence-corrected chi connectivity index (χ3v) is 4.32. The van der Waals surface area contributed by atoms with Crippen molar-refractivity contribution >= 4 is 50.9 Å². The van der Waals surface area contributed by atoms with Crippen molar-refractivity contribution in [3.05, 3.63) is 45.8 Å². The fourth-order valence-electron chi connectivity index (χ4n) is 1.80. The largest absolute Gasteiger partial charge is 0.481 e. The summed E-state index contributed by atoms with van der Waals surface area (Å²) in [4.78, 5) is 35.8. The molecule has 1 aliphatic rings. The van der Waals surface area contributed by atoms with E-state index in [4.69, 9.17) is 9.84 Å². The zero-order valence-electron chi connectivity index (χ0n) is 11.8. The van der Waals surface area contributed by atoms with Crippen LogP contribution in [0.5, 0.6) is 5.75 Å². The van der Waals surface area contributed by atoms with Gasteiger partial charge in [-0.05, 0) is 51.5 Å². The monoisotopic (exact) mass is 397 g/mol. The van der Waals surface area contributed by atoms with Crippen LogP contribution < -0.4 is 4.74 Å². The molecule has 1 aromatic carbocycles. The van der Waals surface area contributed by atoms with Crippen LogP contribution in [0, 0.1) is 0 Å². The lowest BCUT2D eigenvalue weighted by Gasteiger charge is -2.08. The Kier molecular flexibility index (Phi) is 5.62. The summed E-state index contributed by atoms with van der Waals surface area (Å²) in [5.41, 5.74) is 0.684. The molecule has 0 spiro atoms. The van der Waals surface area contributed by atoms with Crippen LogP contribution in [0.4, 0.5) is 4.79 Å². The first kappa shape index (κ1) is 17.3. The van der Waals surface area contributed by atoms with Crippen molar-refractivity contribution in [3.63, 3.8) is 0 Å². The van der Waals surface area contributed by atoms with E-state index in [-0.39, 0.29) is 17.7 Å². The standard InChI is InChI=1S/C15H12BrNO5S/c1-2-5-17-14(20)12(23-15(17)21)7-9-3-4-11(10(16)6-9)22-8-13(18)19/h2-4,6-7H,1,5,8H2,(H,18,19). The van der Waals surface area contributed by atoms with Crippen LogP contribution >= 0.6 is 27.7 Å². The summed E-state index contributed by atoms with van der Waals surface area (Å²) in [6.45, 7) is 3.24. The highest BCUT2D eigenvalue weighted by Crippen LogP contribution is 2.33. The van der Waals surface area contributed by atoms with Gasteiger partial charge in [0.25, 0.3) is 11.1 Å². The van der Waals surface area contributed by atoms with Crippen molar-refractivity contribution < 1.29 is 24.2 Å². The summed E-state index contributed by atoms with van der Waals surface area (Å²) >= 11 is 4.15. The van der Waals surface area contributed by atoms with Crippen LogP contribution in [0.2, 0.25) is 0 Å². The molecule has 1 N–H and O–H groups in total. The summed E-state index contributed by atoms with van der Waals surface area (Å²) in [7, 11) is 0. The molecule has 8 heteroatoms. The van der Waals surface area contributed by atoms with Crippen LogP contribution in [0.1, 0.15) is 5.56 Å². The summed E-state index contributed by atoms with van der Waals surface area (Å²) in [6, 6.07) is 4.94. The second-order valence-corrected chi connectivity index (χ2v) is 6.30. The average Bonchev–Trinajstić information content (AvgIpc) is 2.74. The Balaban J connectivity index is 2.18. The average molecular weight is 398 g/mol. The maximum absolute atomic E-state index is 12.1. The first-order valence-electron chi connectivity index (χ1n) is 6.42. The molecule has 0 aromatic heterocycles. The molecule has 1 fully saturated rings. The van der Waals surface area contributed by atoms with Gasteiger partial charge >= 0.3 is 5.97 Å². The number of carboxylic acids is 1. The molecule has 23 heavy (non-hydrogen) atoms. The van der Waals surface area contributed by atoms with Crippen molar-refractivity contribution in [2.24, 2.45) is 0 Å². The number of benzene rings is 1. The second-order valence-electron chi connectivity index (χ2n) is 4.45. The Hall–Kier alpha value is -2.06. The van der Waals surface area contributed by atoms with Crippen molar-refractivity contribution in [3.8, 4) is 5.75 Å². The molecule has 1 aliphatic heterocycles. The molecule has 1 heterocycles. The number of halogens is 1. The molecular formula is C15H12BrNO5S. The highest BCUT2D eigenvalue weighted by Gasteiger charge is 2.33. The van der Waals surface area contributed by atoms with Crippen molar-refractivity contribution in [2.75, 3.05) is 13.2 Å². The Morgan fingerprint density at radius 1 is 1.43 bits per heavy atom. The predicted octanol–water partition coefficient (Wildman–Crippen LogP) is 3.13. The van der Waals surface area contributed by atoms with Crippen LogP contribution in [0.25, 0.3) is 6.08 Å². The lowest BCUT2D eigenvalue weighted by atomic mass is 10.2. The lowest BCUT2D eigenvalue weighted by molar-refractivity contribution is -0.139. The molecule has 2 amide bonds. The Morgan fingerprint density at radius 3 is 2.78 bits per heavy atom. The van der Waals surface area contributed by atoms with Gasteiger partial charge in [-0.3, -0.25) is 14.5 Å². The second kappa shape index (κ2) is 7.47. The van der Waals surface area contributed by atoms with Gasteiger partial charge in [-0.15, -0.1) is 6.58 Å².